The quantitative estimate of drug-likeness (QED) is 0.394. The van der Waals surface area contributed by atoms with Crippen molar-refractivity contribution in [1.82, 2.24) is 14.9 Å². The largest absolute Gasteiger partial charge is 0.350 e. The normalized spacial score (nSPS) is 32.2. The van der Waals surface area contributed by atoms with Gasteiger partial charge in [-0.3, -0.25) is 10.2 Å². The second-order valence-electron chi connectivity index (χ2n) is 11.4. The average molecular weight is 473 g/mol. The van der Waals surface area contributed by atoms with Gasteiger partial charge in [0.25, 0.3) is 0 Å². The van der Waals surface area contributed by atoms with Gasteiger partial charge in [-0.05, 0) is 57.9 Å². The lowest BCUT2D eigenvalue weighted by molar-refractivity contribution is -0.179. The zero-order chi connectivity index (χ0) is 24.5. The number of hydrogen-bond acceptors (Lipinski definition) is 7. The van der Waals surface area contributed by atoms with Crippen LogP contribution in [0.2, 0.25) is 0 Å². The van der Waals surface area contributed by atoms with Gasteiger partial charge in [0.2, 0.25) is 5.91 Å². The van der Waals surface area contributed by atoms with Crippen LogP contribution in [0.4, 0.5) is 11.6 Å². The minimum atomic E-state index is -0.0920. The second-order valence-corrected chi connectivity index (χ2v) is 11.4. The fourth-order valence-electron chi connectivity index (χ4n) is 7.01. The molecular formula is C26H32N8O. The highest BCUT2D eigenvalue weighted by Crippen LogP contribution is 2.65. The number of piperazine rings is 1. The van der Waals surface area contributed by atoms with Crippen molar-refractivity contribution < 1.29 is 4.79 Å². The van der Waals surface area contributed by atoms with E-state index in [2.05, 4.69) is 28.6 Å². The summed E-state index contributed by atoms with van der Waals surface area (Å²) in [6.07, 6.45) is 10.4. The predicted octanol–water partition coefficient (Wildman–Crippen LogP) is 3.02. The van der Waals surface area contributed by atoms with Crippen LogP contribution in [0.3, 0.4) is 0 Å². The van der Waals surface area contributed by atoms with Crippen molar-refractivity contribution in [1.29, 1.82) is 16.1 Å². The number of rotatable bonds is 4. The number of nitrogens with one attached hydrogen (secondary N) is 2. The lowest BCUT2D eigenvalue weighted by atomic mass is 9.44. The van der Waals surface area contributed by atoms with Gasteiger partial charge in [0, 0.05) is 48.9 Å². The maximum absolute atomic E-state index is 13.3. The van der Waals surface area contributed by atoms with Gasteiger partial charge in [-0.2, -0.15) is 5.26 Å². The SMILES string of the molecule is CC1CN(C(=O)C23CC(C2)C3)[C@H](C)CN1c1ncnc2c1C1(CCC1)CN2C(=N)/C=C(/C#N)C=N. The first kappa shape index (κ1) is 22.2. The van der Waals surface area contributed by atoms with Gasteiger partial charge in [-0.15, -0.1) is 0 Å². The Labute approximate surface area is 205 Å². The smallest absolute Gasteiger partial charge is 0.229 e. The van der Waals surface area contributed by atoms with E-state index in [0.717, 1.165) is 74.4 Å². The Kier molecular flexibility index (Phi) is 4.83. The number of amidine groups is 1. The zero-order valence-electron chi connectivity index (χ0n) is 20.4. The molecule has 5 fully saturated rings. The second kappa shape index (κ2) is 7.61. The third-order valence-electron chi connectivity index (χ3n) is 9.24. The number of hydrogen-bond donors (Lipinski definition) is 2. The fraction of sp³-hybridized carbons (Fsp3) is 0.615. The summed E-state index contributed by atoms with van der Waals surface area (Å²) in [7, 11) is 0. The van der Waals surface area contributed by atoms with E-state index in [4.69, 9.17) is 15.8 Å². The number of carbonyl (C=O) groups is 1. The standard InChI is InChI=1S/C26H32N8O/c1-16-13-33(24(35)26-7-19(8-26)9-26)17(2)12-32(16)22-21-23(31-15-30-22)34(14-25(21)4-3-5-25)20(29)6-18(10-27)11-28/h6,10,15-17,19,27,29H,3-5,7-9,12-14H2,1-2H3/b18-6+,27-10?,29-20?/t16?,17-,19?,26?/m1/s1. The van der Waals surface area contributed by atoms with Crippen LogP contribution in [0.1, 0.15) is 57.9 Å². The van der Waals surface area contributed by atoms with E-state index in [9.17, 15) is 10.1 Å². The molecule has 1 aromatic rings. The molecule has 4 aliphatic carbocycles. The van der Waals surface area contributed by atoms with Crippen molar-refractivity contribution in [3.8, 4) is 6.07 Å². The molecular weight excluding hydrogens is 440 g/mol. The first-order valence-electron chi connectivity index (χ1n) is 12.7. The predicted molar refractivity (Wildman–Crippen MR) is 133 cm³/mol. The summed E-state index contributed by atoms with van der Waals surface area (Å²) >= 11 is 0. The fourth-order valence-corrected chi connectivity index (χ4v) is 7.01. The molecule has 0 aromatic carbocycles. The van der Waals surface area contributed by atoms with Gasteiger partial charge in [0.05, 0.1) is 11.0 Å². The van der Waals surface area contributed by atoms with E-state index in [1.54, 1.807) is 6.33 Å². The molecule has 2 bridgehead atoms. The Morgan fingerprint density at radius 3 is 2.46 bits per heavy atom. The van der Waals surface area contributed by atoms with E-state index in [0.29, 0.717) is 19.0 Å². The van der Waals surface area contributed by atoms with Crippen LogP contribution in [-0.2, 0) is 10.2 Å². The van der Waals surface area contributed by atoms with Crippen LogP contribution in [-0.4, -0.2) is 64.5 Å². The summed E-state index contributed by atoms with van der Waals surface area (Å²) in [4.78, 5) is 29.1. The number of allylic oxidation sites excluding steroid dienone is 1. The average Bonchev–Trinajstić information content (AvgIpc) is 3.13. The third-order valence-corrected chi connectivity index (χ3v) is 9.24. The Bertz CT molecular complexity index is 1180. The molecule has 2 N–H and O–H groups in total. The van der Waals surface area contributed by atoms with Crippen molar-refractivity contribution in [3.05, 3.63) is 23.5 Å². The van der Waals surface area contributed by atoms with Crippen LogP contribution < -0.4 is 9.80 Å². The molecule has 4 saturated carbocycles. The van der Waals surface area contributed by atoms with E-state index >= 15 is 0 Å². The van der Waals surface area contributed by atoms with Gasteiger partial charge in [-0.25, -0.2) is 9.97 Å². The van der Waals surface area contributed by atoms with Crippen molar-refractivity contribution in [2.45, 2.75) is 69.9 Å². The van der Waals surface area contributed by atoms with Crippen LogP contribution >= 0.6 is 0 Å². The number of nitriles is 1. The Morgan fingerprint density at radius 2 is 1.89 bits per heavy atom. The molecule has 7 rings (SSSR count). The number of anilines is 2. The molecule has 182 valence electrons. The first-order chi connectivity index (χ1) is 16.8. The topological polar surface area (TPSA) is 124 Å². The van der Waals surface area contributed by atoms with Crippen molar-refractivity contribution >= 4 is 29.6 Å². The van der Waals surface area contributed by atoms with Gasteiger partial charge in [-0.1, -0.05) is 6.42 Å². The Morgan fingerprint density at radius 1 is 1.17 bits per heavy atom. The monoisotopic (exact) mass is 472 g/mol. The molecule has 1 amide bonds. The molecule has 9 heteroatoms. The summed E-state index contributed by atoms with van der Waals surface area (Å²) in [5.74, 6) is 2.99. The van der Waals surface area contributed by atoms with E-state index in [1.165, 1.54) is 6.08 Å². The minimum absolute atomic E-state index is 0.0554. The van der Waals surface area contributed by atoms with Crippen molar-refractivity contribution in [2.24, 2.45) is 11.3 Å². The van der Waals surface area contributed by atoms with E-state index < -0.39 is 0 Å². The third kappa shape index (κ3) is 3.08. The number of amides is 1. The zero-order valence-corrected chi connectivity index (χ0v) is 20.4. The summed E-state index contributed by atoms with van der Waals surface area (Å²) in [6, 6.07) is 2.21. The number of fused-ring (bicyclic) bond motifs is 2. The summed E-state index contributed by atoms with van der Waals surface area (Å²) < 4.78 is 0. The van der Waals surface area contributed by atoms with Gasteiger partial charge >= 0.3 is 0 Å². The van der Waals surface area contributed by atoms with Gasteiger partial charge in [0.15, 0.2) is 0 Å². The Hall–Kier alpha value is -3.28. The van der Waals surface area contributed by atoms with Crippen LogP contribution in [0.25, 0.3) is 0 Å². The van der Waals surface area contributed by atoms with Crippen LogP contribution in [0.5, 0.6) is 0 Å². The minimum Gasteiger partial charge on any atom is -0.350 e. The first-order valence-corrected chi connectivity index (χ1v) is 12.7. The molecule has 2 atom stereocenters. The maximum atomic E-state index is 13.3. The molecule has 9 nitrogen and oxygen atoms in total. The molecule has 1 aromatic heterocycles. The van der Waals surface area contributed by atoms with E-state index in [1.807, 2.05) is 11.0 Å². The number of aromatic nitrogens is 2. The van der Waals surface area contributed by atoms with Crippen LogP contribution in [0, 0.1) is 33.5 Å². The summed E-state index contributed by atoms with van der Waals surface area (Å²) in [5.41, 5.74) is 1.11. The Balaban J connectivity index is 1.31. The lowest BCUT2D eigenvalue weighted by Gasteiger charge is -2.62. The van der Waals surface area contributed by atoms with Crippen molar-refractivity contribution in [2.75, 3.05) is 29.4 Å². The molecule has 1 spiro atoms. The van der Waals surface area contributed by atoms with E-state index in [-0.39, 0.29) is 34.3 Å². The highest BCUT2D eigenvalue weighted by molar-refractivity contribution is 6.08. The maximum Gasteiger partial charge on any atom is 0.229 e. The highest BCUT2D eigenvalue weighted by Gasteiger charge is 2.63. The highest BCUT2D eigenvalue weighted by atomic mass is 16.2. The summed E-state index contributed by atoms with van der Waals surface area (Å²) in [6.45, 7) is 6.40. The van der Waals surface area contributed by atoms with Gasteiger partial charge < -0.3 is 20.1 Å². The molecule has 1 unspecified atom stereocenters. The molecule has 0 radical (unpaired) electrons. The molecule has 1 saturated heterocycles. The summed E-state index contributed by atoms with van der Waals surface area (Å²) in [5, 5.41) is 25.3. The molecule has 2 aliphatic heterocycles. The molecule has 35 heavy (non-hydrogen) atoms. The van der Waals surface area contributed by atoms with Gasteiger partial charge in [0.1, 0.15) is 29.9 Å². The van der Waals surface area contributed by atoms with Crippen LogP contribution in [0.15, 0.2) is 18.0 Å². The number of nitrogens with zero attached hydrogens (tertiary/aromatic N) is 6. The lowest BCUT2D eigenvalue weighted by Crippen LogP contribution is -2.67. The van der Waals surface area contributed by atoms with Crippen molar-refractivity contribution in [3.63, 3.8) is 0 Å². The number of carbonyl (C=O) groups excluding carboxylic acids is 1. The molecule has 6 aliphatic rings. The molecule has 3 heterocycles.